The van der Waals surface area contributed by atoms with Gasteiger partial charge in [0.15, 0.2) is 0 Å². The summed E-state index contributed by atoms with van der Waals surface area (Å²) in [6, 6.07) is 5.57. The van der Waals surface area contributed by atoms with Crippen molar-refractivity contribution < 1.29 is 13.2 Å². The minimum absolute atomic E-state index is 0.0513. The number of rotatable bonds is 4. The molecule has 0 aliphatic rings. The van der Waals surface area contributed by atoms with Gasteiger partial charge in [0.25, 0.3) is 0 Å². The molecular weight excluding hydrogens is 262 g/mol. The third-order valence-corrected chi connectivity index (χ3v) is 4.68. The van der Waals surface area contributed by atoms with E-state index in [-0.39, 0.29) is 5.41 Å². The molecule has 5 heteroatoms. The molecule has 0 unspecified atom stereocenters. The fourth-order valence-corrected chi connectivity index (χ4v) is 2.23. The number of hydrogen-bond acceptors (Lipinski definition) is 3. The Morgan fingerprint density at radius 1 is 1.21 bits per heavy atom. The largest absolute Gasteiger partial charge is 0.495 e. The number of benzene rings is 1. The molecule has 19 heavy (non-hydrogen) atoms. The Morgan fingerprint density at radius 3 is 2.21 bits per heavy atom. The molecule has 0 saturated heterocycles. The second kappa shape index (κ2) is 5.41. The van der Waals surface area contributed by atoms with E-state index >= 15 is 0 Å². The van der Waals surface area contributed by atoms with Gasteiger partial charge in [0.05, 0.1) is 18.0 Å². The molecule has 1 aromatic rings. The lowest BCUT2D eigenvalue weighted by molar-refractivity contribution is 0.416. The fourth-order valence-electron chi connectivity index (χ4n) is 1.53. The van der Waals surface area contributed by atoms with E-state index in [2.05, 4.69) is 25.5 Å². The van der Waals surface area contributed by atoms with Crippen LogP contribution < -0.4 is 9.46 Å². The van der Waals surface area contributed by atoms with Gasteiger partial charge in [-0.3, -0.25) is 4.72 Å². The molecule has 0 amide bonds. The zero-order valence-electron chi connectivity index (χ0n) is 12.4. The van der Waals surface area contributed by atoms with E-state index in [9.17, 15) is 8.42 Å². The van der Waals surface area contributed by atoms with Crippen LogP contribution in [0.25, 0.3) is 0 Å². The molecule has 0 heterocycles. The fraction of sp³-hybridized carbons (Fsp3) is 0.571. The van der Waals surface area contributed by atoms with Crippen molar-refractivity contribution in [1.82, 2.24) is 0 Å². The summed E-state index contributed by atoms with van der Waals surface area (Å²) in [5.41, 5.74) is 1.49. The highest BCUT2D eigenvalue weighted by Gasteiger charge is 2.20. The van der Waals surface area contributed by atoms with Crippen molar-refractivity contribution in [2.24, 2.45) is 0 Å². The van der Waals surface area contributed by atoms with Gasteiger partial charge in [-0.2, -0.15) is 0 Å². The van der Waals surface area contributed by atoms with Gasteiger partial charge in [-0.25, -0.2) is 8.42 Å². The van der Waals surface area contributed by atoms with Gasteiger partial charge in [-0.1, -0.05) is 26.8 Å². The van der Waals surface area contributed by atoms with E-state index in [0.717, 1.165) is 5.56 Å². The number of anilines is 1. The molecule has 1 rings (SSSR count). The zero-order valence-corrected chi connectivity index (χ0v) is 13.3. The van der Waals surface area contributed by atoms with Crippen LogP contribution >= 0.6 is 0 Å². The Labute approximate surface area is 116 Å². The van der Waals surface area contributed by atoms with Crippen molar-refractivity contribution in [1.29, 1.82) is 0 Å². The summed E-state index contributed by atoms with van der Waals surface area (Å²) in [5, 5.41) is -0.490. The summed E-state index contributed by atoms with van der Waals surface area (Å²) >= 11 is 0. The van der Waals surface area contributed by atoms with Crippen LogP contribution in [-0.2, 0) is 15.4 Å². The first kappa shape index (κ1) is 15.8. The number of hydrogen-bond donors (Lipinski definition) is 1. The Morgan fingerprint density at radius 2 is 1.79 bits per heavy atom. The molecule has 0 fully saturated rings. The van der Waals surface area contributed by atoms with Crippen molar-refractivity contribution in [3.8, 4) is 5.75 Å². The highest BCUT2D eigenvalue weighted by Crippen LogP contribution is 2.32. The van der Waals surface area contributed by atoms with Crippen LogP contribution in [0.15, 0.2) is 18.2 Å². The topological polar surface area (TPSA) is 55.4 Å². The van der Waals surface area contributed by atoms with Gasteiger partial charge in [0, 0.05) is 0 Å². The lowest BCUT2D eigenvalue weighted by atomic mass is 9.87. The predicted molar refractivity (Wildman–Crippen MR) is 79.4 cm³/mol. The number of nitrogens with one attached hydrogen (secondary N) is 1. The minimum atomic E-state index is -3.38. The van der Waals surface area contributed by atoms with Crippen molar-refractivity contribution in [3.63, 3.8) is 0 Å². The normalized spacial score (nSPS) is 12.6. The molecule has 0 aliphatic carbocycles. The quantitative estimate of drug-likeness (QED) is 0.924. The van der Waals surface area contributed by atoms with Crippen LogP contribution in [0.2, 0.25) is 0 Å². The molecule has 0 aromatic heterocycles. The van der Waals surface area contributed by atoms with Crippen LogP contribution in [0.5, 0.6) is 5.75 Å². The summed E-state index contributed by atoms with van der Waals surface area (Å²) in [4.78, 5) is 0. The van der Waals surface area contributed by atoms with Gasteiger partial charge in [-0.05, 0) is 37.0 Å². The Bertz CT molecular complexity index is 542. The number of methoxy groups -OCH3 is 1. The highest BCUT2D eigenvalue weighted by molar-refractivity contribution is 7.93. The SMILES string of the molecule is COc1ccc(C(C)(C)C)cc1NS(=O)(=O)C(C)C. The van der Waals surface area contributed by atoms with Gasteiger partial charge in [0.2, 0.25) is 10.0 Å². The maximum Gasteiger partial charge on any atom is 0.235 e. The molecule has 1 N–H and O–H groups in total. The van der Waals surface area contributed by atoms with E-state index in [1.54, 1.807) is 19.9 Å². The molecule has 0 aliphatic heterocycles. The van der Waals surface area contributed by atoms with Crippen LogP contribution in [0.3, 0.4) is 0 Å². The summed E-state index contributed by atoms with van der Waals surface area (Å²) in [6.07, 6.45) is 0. The maximum absolute atomic E-state index is 12.0. The molecule has 1 aromatic carbocycles. The van der Waals surface area contributed by atoms with Crippen LogP contribution in [0, 0.1) is 0 Å². The summed E-state index contributed by atoms with van der Waals surface area (Å²) in [7, 11) is -1.85. The van der Waals surface area contributed by atoms with E-state index in [0.29, 0.717) is 11.4 Å². The predicted octanol–water partition coefficient (Wildman–Crippen LogP) is 3.14. The minimum Gasteiger partial charge on any atom is -0.495 e. The lowest BCUT2D eigenvalue weighted by Gasteiger charge is -2.22. The highest BCUT2D eigenvalue weighted by atomic mass is 32.2. The average Bonchev–Trinajstić information content (AvgIpc) is 2.27. The standard InChI is InChI=1S/C14H23NO3S/c1-10(2)19(16,17)15-12-9-11(14(3,4)5)7-8-13(12)18-6/h7-10,15H,1-6H3. The Balaban J connectivity index is 3.25. The monoisotopic (exact) mass is 285 g/mol. The van der Waals surface area contributed by atoms with E-state index in [1.807, 2.05) is 12.1 Å². The Kier molecular flexibility index (Phi) is 4.50. The number of sulfonamides is 1. The van der Waals surface area contributed by atoms with Gasteiger partial charge in [0.1, 0.15) is 5.75 Å². The zero-order chi connectivity index (χ0) is 14.8. The molecule has 0 spiro atoms. The first-order valence-electron chi connectivity index (χ1n) is 6.28. The van der Waals surface area contributed by atoms with E-state index in [1.165, 1.54) is 7.11 Å². The van der Waals surface area contributed by atoms with Crippen molar-refractivity contribution >= 4 is 15.7 Å². The molecule has 0 radical (unpaired) electrons. The molecule has 0 bridgehead atoms. The molecule has 108 valence electrons. The van der Waals surface area contributed by atoms with Gasteiger partial charge >= 0.3 is 0 Å². The number of ether oxygens (including phenoxy) is 1. The molecular formula is C14H23NO3S. The summed E-state index contributed by atoms with van der Waals surface area (Å²) < 4.78 is 31.7. The molecule has 0 atom stereocenters. The first-order chi connectivity index (χ1) is 8.58. The van der Waals surface area contributed by atoms with Crippen LogP contribution in [0.1, 0.15) is 40.2 Å². The third kappa shape index (κ3) is 3.86. The van der Waals surface area contributed by atoms with Crippen LogP contribution in [0.4, 0.5) is 5.69 Å². The first-order valence-corrected chi connectivity index (χ1v) is 7.82. The van der Waals surface area contributed by atoms with E-state index in [4.69, 9.17) is 4.74 Å². The molecule has 4 nitrogen and oxygen atoms in total. The van der Waals surface area contributed by atoms with Crippen molar-refractivity contribution in [3.05, 3.63) is 23.8 Å². The maximum atomic E-state index is 12.0. The van der Waals surface area contributed by atoms with Gasteiger partial charge in [-0.15, -0.1) is 0 Å². The second-order valence-corrected chi connectivity index (χ2v) is 8.10. The molecule has 0 saturated carbocycles. The summed E-state index contributed by atoms with van der Waals surface area (Å²) in [6.45, 7) is 9.52. The van der Waals surface area contributed by atoms with Crippen molar-refractivity contribution in [2.75, 3.05) is 11.8 Å². The smallest absolute Gasteiger partial charge is 0.235 e. The average molecular weight is 285 g/mol. The van der Waals surface area contributed by atoms with E-state index < -0.39 is 15.3 Å². The lowest BCUT2D eigenvalue weighted by Crippen LogP contribution is -2.23. The third-order valence-electron chi connectivity index (χ3n) is 2.94. The summed E-state index contributed by atoms with van der Waals surface area (Å²) in [5.74, 6) is 0.525. The van der Waals surface area contributed by atoms with Crippen LogP contribution in [-0.4, -0.2) is 20.8 Å². The second-order valence-electron chi connectivity index (χ2n) is 5.86. The van der Waals surface area contributed by atoms with Crippen molar-refractivity contribution in [2.45, 2.75) is 45.3 Å². The van der Waals surface area contributed by atoms with Gasteiger partial charge < -0.3 is 4.74 Å². The Hall–Kier alpha value is -1.23.